The minimum Gasteiger partial charge on any atom is -0.507 e. The molecule has 1 aromatic heterocycles. The first-order valence-corrected chi connectivity index (χ1v) is 11.0. The molecule has 0 radical (unpaired) electrons. The number of nitrogens with zero attached hydrogens (tertiary/aromatic N) is 4. The van der Waals surface area contributed by atoms with Crippen molar-refractivity contribution in [2.75, 3.05) is 5.75 Å². The van der Waals surface area contributed by atoms with Crippen LogP contribution in [0.25, 0.3) is 17.1 Å². The van der Waals surface area contributed by atoms with E-state index in [2.05, 4.69) is 20.7 Å². The molecule has 0 spiro atoms. The molecule has 1 heterocycles. The number of hydrazone groups is 1. The minimum absolute atomic E-state index is 0.0870. The van der Waals surface area contributed by atoms with Gasteiger partial charge in [-0.3, -0.25) is 9.36 Å². The minimum atomic E-state index is -0.308. The molecule has 3 aromatic carbocycles. The Morgan fingerprint density at radius 1 is 1.03 bits per heavy atom. The Labute approximate surface area is 193 Å². The number of aromatic hydroxyl groups is 1. The number of halogens is 1. The van der Waals surface area contributed by atoms with Gasteiger partial charge in [0.25, 0.3) is 5.91 Å². The Hall–Kier alpha value is -3.62. The third-order valence-electron chi connectivity index (χ3n) is 4.41. The topological polar surface area (TPSA) is 92.4 Å². The van der Waals surface area contributed by atoms with Crippen LogP contribution in [-0.2, 0) is 4.79 Å². The molecule has 0 aliphatic rings. The SMILES string of the molecule is O=C(CSc1nnc(-c2ccc(Cl)cc2)n1-c1ccccc1)N/N=C/c1ccccc1O. The Kier molecular flexibility index (Phi) is 6.84. The second-order valence-corrected chi connectivity index (χ2v) is 8.00. The van der Waals surface area contributed by atoms with E-state index in [1.54, 1.807) is 36.4 Å². The molecular weight excluding hydrogens is 446 g/mol. The van der Waals surface area contributed by atoms with Gasteiger partial charge in [0.2, 0.25) is 0 Å². The summed E-state index contributed by atoms with van der Waals surface area (Å²) < 4.78 is 1.90. The van der Waals surface area contributed by atoms with Crippen LogP contribution in [-0.4, -0.2) is 37.7 Å². The van der Waals surface area contributed by atoms with Crippen molar-refractivity contribution in [1.82, 2.24) is 20.2 Å². The number of phenols is 1. The van der Waals surface area contributed by atoms with Crippen molar-refractivity contribution in [3.63, 3.8) is 0 Å². The van der Waals surface area contributed by atoms with E-state index in [4.69, 9.17) is 11.6 Å². The van der Waals surface area contributed by atoms with Crippen molar-refractivity contribution in [2.24, 2.45) is 5.10 Å². The van der Waals surface area contributed by atoms with Crippen LogP contribution >= 0.6 is 23.4 Å². The van der Waals surface area contributed by atoms with Crippen molar-refractivity contribution in [1.29, 1.82) is 0 Å². The fourth-order valence-electron chi connectivity index (χ4n) is 2.89. The number of para-hydroxylation sites is 2. The van der Waals surface area contributed by atoms with Crippen molar-refractivity contribution < 1.29 is 9.90 Å². The lowest BCUT2D eigenvalue weighted by molar-refractivity contribution is -0.118. The number of aromatic nitrogens is 3. The second-order valence-electron chi connectivity index (χ2n) is 6.62. The number of hydrogen-bond donors (Lipinski definition) is 2. The van der Waals surface area contributed by atoms with E-state index < -0.39 is 0 Å². The maximum Gasteiger partial charge on any atom is 0.250 e. The summed E-state index contributed by atoms with van der Waals surface area (Å²) in [4.78, 5) is 12.3. The highest BCUT2D eigenvalue weighted by atomic mass is 35.5. The second kappa shape index (κ2) is 10.1. The van der Waals surface area contributed by atoms with Gasteiger partial charge < -0.3 is 5.11 Å². The zero-order valence-corrected chi connectivity index (χ0v) is 18.3. The lowest BCUT2D eigenvalue weighted by Crippen LogP contribution is -2.20. The monoisotopic (exact) mass is 463 g/mol. The van der Waals surface area contributed by atoms with Crippen LogP contribution in [0.4, 0.5) is 0 Å². The molecule has 0 saturated carbocycles. The van der Waals surface area contributed by atoms with Crippen LogP contribution in [0, 0.1) is 0 Å². The summed E-state index contributed by atoms with van der Waals surface area (Å²) in [7, 11) is 0. The average Bonchev–Trinajstić information content (AvgIpc) is 3.24. The first-order chi connectivity index (χ1) is 15.6. The molecule has 0 bridgehead atoms. The van der Waals surface area contributed by atoms with Gasteiger partial charge in [0.1, 0.15) is 5.75 Å². The predicted molar refractivity (Wildman–Crippen MR) is 126 cm³/mol. The molecule has 4 rings (SSSR count). The molecular formula is C23H18ClN5O2S. The zero-order chi connectivity index (χ0) is 22.3. The normalized spacial score (nSPS) is 11.0. The number of thioether (sulfide) groups is 1. The van der Waals surface area contributed by atoms with Crippen molar-refractivity contribution in [3.8, 4) is 22.8 Å². The van der Waals surface area contributed by atoms with E-state index in [0.717, 1.165) is 11.3 Å². The summed E-state index contributed by atoms with van der Waals surface area (Å²) >= 11 is 7.26. The maximum absolute atomic E-state index is 12.3. The molecule has 7 nitrogen and oxygen atoms in total. The summed E-state index contributed by atoms with van der Waals surface area (Å²) in [5.41, 5.74) is 4.70. The van der Waals surface area contributed by atoms with Gasteiger partial charge in [-0.1, -0.05) is 53.7 Å². The molecule has 0 saturated heterocycles. The summed E-state index contributed by atoms with van der Waals surface area (Å²) in [6, 6.07) is 23.7. The highest BCUT2D eigenvalue weighted by Crippen LogP contribution is 2.28. The van der Waals surface area contributed by atoms with Gasteiger partial charge in [0.05, 0.1) is 12.0 Å². The first-order valence-electron chi connectivity index (χ1n) is 9.61. The summed E-state index contributed by atoms with van der Waals surface area (Å²) in [5.74, 6) is 0.514. The molecule has 0 aliphatic heterocycles. The number of rotatable bonds is 7. The lowest BCUT2D eigenvalue weighted by Gasteiger charge is -2.10. The number of carbonyl (C=O) groups is 1. The number of phenolic OH excluding ortho intramolecular Hbond substituents is 1. The zero-order valence-electron chi connectivity index (χ0n) is 16.7. The Morgan fingerprint density at radius 3 is 2.50 bits per heavy atom. The third-order valence-corrected chi connectivity index (χ3v) is 5.59. The van der Waals surface area contributed by atoms with Gasteiger partial charge in [-0.2, -0.15) is 5.10 Å². The fourth-order valence-corrected chi connectivity index (χ4v) is 3.76. The number of carbonyl (C=O) groups excluding carboxylic acids is 1. The number of hydrogen-bond acceptors (Lipinski definition) is 6. The fraction of sp³-hybridized carbons (Fsp3) is 0.0435. The Bertz CT molecular complexity index is 1240. The quantitative estimate of drug-likeness (QED) is 0.238. The first kappa shape index (κ1) is 21.6. The van der Waals surface area contributed by atoms with Crippen LogP contribution in [0.15, 0.2) is 89.1 Å². The van der Waals surface area contributed by atoms with Gasteiger partial charge in [-0.05, 0) is 48.5 Å². The highest BCUT2D eigenvalue weighted by Gasteiger charge is 2.17. The third kappa shape index (κ3) is 5.16. The molecule has 0 fully saturated rings. The largest absolute Gasteiger partial charge is 0.507 e. The van der Waals surface area contributed by atoms with Crippen LogP contribution in [0.2, 0.25) is 5.02 Å². The van der Waals surface area contributed by atoms with Gasteiger partial charge in [-0.15, -0.1) is 10.2 Å². The van der Waals surface area contributed by atoms with E-state index >= 15 is 0 Å². The van der Waals surface area contributed by atoms with Gasteiger partial charge in [-0.25, -0.2) is 5.43 Å². The van der Waals surface area contributed by atoms with Crippen LogP contribution in [0.1, 0.15) is 5.56 Å². The number of benzene rings is 3. The standard InChI is InChI=1S/C23H18ClN5O2S/c24-18-12-10-16(11-13-18)22-27-28-23(29(22)19-7-2-1-3-8-19)32-15-21(31)26-25-14-17-6-4-5-9-20(17)30/h1-14,30H,15H2,(H,26,31)/b25-14+. The lowest BCUT2D eigenvalue weighted by atomic mass is 10.2. The number of nitrogens with one attached hydrogen (secondary N) is 1. The van der Waals surface area contributed by atoms with Crippen LogP contribution < -0.4 is 5.43 Å². The smallest absolute Gasteiger partial charge is 0.250 e. The average molecular weight is 464 g/mol. The Morgan fingerprint density at radius 2 is 1.75 bits per heavy atom. The molecule has 9 heteroatoms. The van der Waals surface area contributed by atoms with E-state index in [0.29, 0.717) is 21.6 Å². The van der Waals surface area contributed by atoms with Gasteiger partial charge >= 0.3 is 0 Å². The van der Waals surface area contributed by atoms with E-state index in [-0.39, 0.29) is 17.4 Å². The molecule has 160 valence electrons. The molecule has 2 N–H and O–H groups in total. The Balaban J connectivity index is 1.50. The molecule has 1 amide bonds. The van der Waals surface area contributed by atoms with E-state index in [1.165, 1.54) is 18.0 Å². The molecule has 0 aliphatic carbocycles. The van der Waals surface area contributed by atoms with Crippen molar-refractivity contribution >= 4 is 35.5 Å². The van der Waals surface area contributed by atoms with Crippen LogP contribution in [0.3, 0.4) is 0 Å². The maximum atomic E-state index is 12.3. The van der Waals surface area contributed by atoms with Gasteiger partial charge in [0, 0.05) is 21.8 Å². The predicted octanol–water partition coefficient (Wildman–Crippen LogP) is 4.54. The summed E-state index contributed by atoms with van der Waals surface area (Å²) in [6.45, 7) is 0. The number of amides is 1. The molecule has 0 unspecified atom stereocenters. The highest BCUT2D eigenvalue weighted by molar-refractivity contribution is 7.99. The van der Waals surface area contributed by atoms with Crippen molar-refractivity contribution in [2.45, 2.75) is 5.16 Å². The van der Waals surface area contributed by atoms with Crippen molar-refractivity contribution in [3.05, 3.63) is 89.4 Å². The van der Waals surface area contributed by atoms with Gasteiger partial charge in [0.15, 0.2) is 11.0 Å². The summed E-state index contributed by atoms with van der Waals surface area (Å²) in [6.07, 6.45) is 1.39. The van der Waals surface area contributed by atoms with Crippen LogP contribution in [0.5, 0.6) is 5.75 Å². The van der Waals surface area contributed by atoms with E-state index in [9.17, 15) is 9.90 Å². The molecule has 0 atom stereocenters. The summed E-state index contributed by atoms with van der Waals surface area (Å²) in [5, 5.41) is 23.5. The van der Waals surface area contributed by atoms with E-state index in [1.807, 2.05) is 47.0 Å². The molecule has 32 heavy (non-hydrogen) atoms. The molecule has 4 aromatic rings.